The van der Waals surface area contributed by atoms with Crippen LogP contribution in [0.1, 0.15) is 29.3 Å². The first-order valence-electron chi connectivity index (χ1n) is 8.78. The van der Waals surface area contributed by atoms with E-state index in [0.717, 1.165) is 22.9 Å². The number of carbonyl (C=O) groups excluding carboxylic acids is 2. The lowest BCUT2D eigenvalue weighted by Crippen LogP contribution is -2.34. The number of likely N-dealkylation sites (tertiary alicyclic amines) is 1. The molecule has 7 nitrogen and oxygen atoms in total. The van der Waals surface area contributed by atoms with E-state index in [4.69, 9.17) is 0 Å². The maximum Gasteiger partial charge on any atom is 0.225 e. The van der Waals surface area contributed by atoms with Crippen LogP contribution in [0.25, 0.3) is 0 Å². The molecule has 0 aromatic carbocycles. The third kappa shape index (κ3) is 4.62. The third-order valence-electron chi connectivity index (χ3n) is 4.34. The van der Waals surface area contributed by atoms with Crippen LogP contribution in [0, 0.1) is 19.8 Å². The van der Waals surface area contributed by atoms with Gasteiger partial charge in [0.25, 0.3) is 0 Å². The molecule has 1 fully saturated rings. The second kappa shape index (κ2) is 8.03. The molecule has 1 unspecified atom stereocenters. The Morgan fingerprint density at radius 3 is 2.73 bits per heavy atom. The van der Waals surface area contributed by atoms with Gasteiger partial charge in [-0.3, -0.25) is 14.6 Å². The maximum absolute atomic E-state index is 12.4. The minimum Gasteiger partial charge on any atom is -0.355 e. The average molecular weight is 353 g/mol. The number of rotatable bonds is 6. The second-order valence-electron chi connectivity index (χ2n) is 6.60. The molecular weight excluding hydrogens is 330 g/mol. The summed E-state index contributed by atoms with van der Waals surface area (Å²) in [5.74, 6) is 0.313. The molecule has 2 amide bonds. The van der Waals surface area contributed by atoms with Gasteiger partial charge in [-0.05, 0) is 32.0 Å². The van der Waals surface area contributed by atoms with Gasteiger partial charge in [0.05, 0.1) is 18.2 Å². The Kier molecular flexibility index (Phi) is 5.55. The zero-order chi connectivity index (χ0) is 18.5. The number of hydrogen-bond donors (Lipinski definition) is 1. The van der Waals surface area contributed by atoms with Crippen LogP contribution in [0.2, 0.25) is 0 Å². The SMILES string of the molecule is Cc1cc(C)nc(CCNC(=O)C2CC(=O)N(Cc3ccccn3)C2)n1. The van der Waals surface area contributed by atoms with Gasteiger partial charge in [-0.25, -0.2) is 9.97 Å². The molecule has 0 radical (unpaired) electrons. The van der Waals surface area contributed by atoms with Gasteiger partial charge >= 0.3 is 0 Å². The van der Waals surface area contributed by atoms with Crippen molar-refractivity contribution in [2.45, 2.75) is 33.2 Å². The molecule has 0 bridgehead atoms. The lowest BCUT2D eigenvalue weighted by Gasteiger charge is -2.16. The van der Waals surface area contributed by atoms with Crippen LogP contribution in [0.4, 0.5) is 0 Å². The van der Waals surface area contributed by atoms with Gasteiger partial charge in [-0.1, -0.05) is 6.07 Å². The average Bonchev–Trinajstić information content (AvgIpc) is 2.96. The van der Waals surface area contributed by atoms with Crippen molar-refractivity contribution < 1.29 is 9.59 Å². The minimum absolute atomic E-state index is 0.00607. The fraction of sp³-hybridized carbons (Fsp3) is 0.421. The zero-order valence-electron chi connectivity index (χ0n) is 15.1. The Morgan fingerprint density at radius 1 is 1.27 bits per heavy atom. The van der Waals surface area contributed by atoms with E-state index >= 15 is 0 Å². The number of nitrogens with one attached hydrogen (secondary N) is 1. The van der Waals surface area contributed by atoms with Crippen molar-refractivity contribution in [3.05, 3.63) is 53.4 Å². The topological polar surface area (TPSA) is 88.1 Å². The standard InChI is InChI=1S/C19H23N5O2/c1-13-9-14(2)23-17(22-13)6-8-21-19(26)15-10-18(25)24(11-15)12-16-5-3-4-7-20-16/h3-5,7,9,15H,6,8,10-12H2,1-2H3,(H,21,26). The summed E-state index contributed by atoms with van der Waals surface area (Å²) in [5.41, 5.74) is 2.67. The molecule has 1 N–H and O–H groups in total. The first-order valence-corrected chi connectivity index (χ1v) is 8.78. The lowest BCUT2D eigenvalue weighted by atomic mass is 10.1. The summed E-state index contributed by atoms with van der Waals surface area (Å²) in [6.07, 6.45) is 2.53. The molecule has 26 heavy (non-hydrogen) atoms. The van der Waals surface area contributed by atoms with E-state index in [1.165, 1.54) is 0 Å². The van der Waals surface area contributed by atoms with Crippen LogP contribution in [0.5, 0.6) is 0 Å². The smallest absolute Gasteiger partial charge is 0.225 e. The van der Waals surface area contributed by atoms with Crippen molar-refractivity contribution in [3.63, 3.8) is 0 Å². The number of carbonyl (C=O) groups is 2. The molecule has 0 spiro atoms. The van der Waals surface area contributed by atoms with E-state index in [0.29, 0.717) is 26.1 Å². The van der Waals surface area contributed by atoms with E-state index in [1.807, 2.05) is 38.1 Å². The van der Waals surface area contributed by atoms with Crippen LogP contribution in [-0.4, -0.2) is 44.8 Å². The van der Waals surface area contributed by atoms with Crippen LogP contribution >= 0.6 is 0 Å². The Morgan fingerprint density at radius 2 is 2.04 bits per heavy atom. The normalized spacial score (nSPS) is 16.8. The van der Waals surface area contributed by atoms with Gasteiger partial charge < -0.3 is 10.2 Å². The molecule has 0 saturated carbocycles. The number of aryl methyl sites for hydroxylation is 2. The van der Waals surface area contributed by atoms with Gasteiger partial charge in [0.15, 0.2) is 0 Å². The van der Waals surface area contributed by atoms with E-state index in [1.54, 1.807) is 11.1 Å². The Hall–Kier alpha value is -2.83. The summed E-state index contributed by atoms with van der Waals surface area (Å²) >= 11 is 0. The molecule has 2 aromatic rings. The van der Waals surface area contributed by atoms with Crippen molar-refractivity contribution in [1.29, 1.82) is 0 Å². The van der Waals surface area contributed by atoms with Crippen molar-refractivity contribution in [3.8, 4) is 0 Å². The summed E-state index contributed by atoms with van der Waals surface area (Å²) < 4.78 is 0. The number of hydrogen-bond acceptors (Lipinski definition) is 5. The van der Waals surface area contributed by atoms with Gasteiger partial charge in [0.1, 0.15) is 5.82 Å². The molecule has 3 rings (SSSR count). The fourth-order valence-electron chi connectivity index (χ4n) is 3.14. The fourth-order valence-corrected chi connectivity index (χ4v) is 3.14. The van der Waals surface area contributed by atoms with E-state index in [2.05, 4.69) is 20.3 Å². The molecule has 0 aliphatic carbocycles. The number of aromatic nitrogens is 3. The van der Waals surface area contributed by atoms with Gasteiger partial charge in [-0.2, -0.15) is 0 Å². The Labute approximate surface area is 152 Å². The van der Waals surface area contributed by atoms with Gasteiger partial charge in [-0.15, -0.1) is 0 Å². The molecule has 7 heteroatoms. The summed E-state index contributed by atoms with van der Waals surface area (Å²) in [4.78, 5) is 39.2. The third-order valence-corrected chi connectivity index (χ3v) is 4.34. The summed E-state index contributed by atoms with van der Waals surface area (Å²) in [6, 6.07) is 7.53. The van der Waals surface area contributed by atoms with Gasteiger partial charge in [0.2, 0.25) is 11.8 Å². The van der Waals surface area contributed by atoms with Crippen molar-refractivity contribution in [1.82, 2.24) is 25.2 Å². The highest BCUT2D eigenvalue weighted by Crippen LogP contribution is 2.19. The highest BCUT2D eigenvalue weighted by Gasteiger charge is 2.34. The maximum atomic E-state index is 12.4. The largest absolute Gasteiger partial charge is 0.355 e. The predicted octanol–water partition coefficient (Wildman–Crippen LogP) is 1.20. The summed E-state index contributed by atoms with van der Waals surface area (Å²) in [7, 11) is 0. The molecule has 136 valence electrons. The highest BCUT2D eigenvalue weighted by atomic mass is 16.2. The Bertz CT molecular complexity index is 774. The van der Waals surface area contributed by atoms with Crippen molar-refractivity contribution >= 4 is 11.8 Å². The monoisotopic (exact) mass is 353 g/mol. The molecule has 1 saturated heterocycles. The molecule has 1 aliphatic heterocycles. The second-order valence-corrected chi connectivity index (χ2v) is 6.60. The summed E-state index contributed by atoms with van der Waals surface area (Å²) in [5, 5.41) is 2.90. The van der Waals surface area contributed by atoms with E-state index in [-0.39, 0.29) is 24.2 Å². The van der Waals surface area contributed by atoms with Crippen LogP contribution in [0.15, 0.2) is 30.5 Å². The molecule has 1 atom stereocenters. The van der Waals surface area contributed by atoms with Crippen LogP contribution in [-0.2, 0) is 22.6 Å². The van der Waals surface area contributed by atoms with Crippen molar-refractivity contribution in [2.24, 2.45) is 5.92 Å². The van der Waals surface area contributed by atoms with E-state index < -0.39 is 0 Å². The summed E-state index contributed by atoms with van der Waals surface area (Å²) in [6.45, 7) is 5.20. The first-order chi connectivity index (χ1) is 12.5. The van der Waals surface area contributed by atoms with Crippen LogP contribution < -0.4 is 5.32 Å². The lowest BCUT2D eigenvalue weighted by molar-refractivity contribution is -0.129. The van der Waals surface area contributed by atoms with Crippen LogP contribution in [0.3, 0.4) is 0 Å². The first kappa shape index (κ1) is 18.0. The molecular formula is C19H23N5O2. The quantitative estimate of drug-likeness (QED) is 0.843. The number of amides is 2. The zero-order valence-corrected chi connectivity index (χ0v) is 15.1. The predicted molar refractivity (Wildman–Crippen MR) is 96.0 cm³/mol. The highest BCUT2D eigenvalue weighted by molar-refractivity contribution is 5.89. The number of pyridine rings is 1. The number of nitrogens with zero attached hydrogens (tertiary/aromatic N) is 4. The molecule has 3 heterocycles. The molecule has 2 aromatic heterocycles. The molecule has 1 aliphatic rings. The van der Waals surface area contributed by atoms with Crippen molar-refractivity contribution in [2.75, 3.05) is 13.1 Å². The van der Waals surface area contributed by atoms with Gasteiger partial charge in [0, 0.05) is 43.5 Å². The Balaban J connectivity index is 1.48. The minimum atomic E-state index is -0.314. The van der Waals surface area contributed by atoms with E-state index in [9.17, 15) is 9.59 Å².